The predicted octanol–water partition coefficient (Wildman–Crippen LogP) is 4.99. The first kappa shape index (κ1) is 16.2. The van der Waals surface area contributed by atoms with E-state index in [1.807, 2.05) is 24.3 Å². The highest BCUT2D eigenvalue weighted by molar-refractivity contribution is 7.80. The zero-order chi connectivity index (χ0) is 16.6. The van der Waals surface area contributed by atoms with Gasteiger partial charge in [-0.25, -0.2) is 0 Å². The van der Waals surface area contributed by atoms with Crippen LogP contribution in [0, 0.1) is 11.8 Å². The molecule has 1 fully saturated rings. The normalized spacial score (nSPS) is 20.1. The van der Waals surface area contributed by atoms with Gasteiger partial charge < -0.3 is 14.8 Å². The minimum absolute atomic E-state index is 0.131. The molecule has 1 N–H and O–H groups in total. The molecule has 23 heavy (non-hydrogen) atoms. The van der Waals surface area contributed by atoms with Crippen molar-refractivity contribution in [2.75, 3.05) is 5.32 Å². The smallest absolute Gasteiger partial charge is 0.227 e. The number of rotatable bonds is 5. The Morgan fingerprint density at radius 3 is 2.39 bits per heavy atom. The van der Waals surface area contributed by atoms with Crippen LogP contribution in [0.5, 0.6) is 5.75 Å². The number of ether oxygens (including phenoxy) is 2. The molecule has 1 aliphatic heterocycles. The molecule has 0 radical (unpaired) electrons. The average Bonchev–Trinajstić information content (AvgIpc) is 3.29. The number of nitrogens with one attached hydrogen (secondary N) is 1. The van der Waals surface area contributed by atoms with Crippen LogP contribution in [0.3, 0.4) is 0 Å². The van der Waals surface area contributed by atoms with Crippen molar-refractivity contribution < 1.29 is 9.47 Å². The molecule has 3 rings (SSSR count). The van der Waals surface area contributed by atoms with Gasteiger partial charge in [0.25, 0.3) is 0 Å². The molecule has 1 saturated heterocycles. The Morgan fingerprint density at radius 1 is 1.09 bits per heavy atom. The van der Waals surface area contributed by atoms with Gasteiger partial charge >= 0.3 is 0 Å². The summed E-state index contributed by atoms with van der Waals surface area (Å²) >= 11 is 5.42. The summed E-state index contributed by atoms with van der Waals surface area (Å²) in [5.41, 5.74) is 1.02. The van der Waals surface area contributed by atoms with E-state index in [2.05, 4.69) is 45.1 Å². The molecule has 0 aromatic heterocycles. The SMILES string of the molecule is CC(C)C(=S)Nc1ccc(OC2OC2C(C)C)c2ccccc12. The van der Waals surface area contributed by atoms with Gasteiger partial charge in [-0.3, -0.25) is 0 Å². The van der Waals surface area contributed by atoms with Gasteiger partial charge in [-0.15, -0.1) is 0 Å². The van der Waals surface area contributed by atoms with Crippen LogP contribution < -0.4 is 10.1 Å². The molecule has 1 aliphatic rings. The van der Waals surface area contributed by atoms with Gasteiger partial charge in [0.05, 0.1) is 4.99 Å². The summed E-state index contributed by atoms with van der Waals surface area (Å²) in [4.78, 5) is 0.842. The summed E-state index contributed by atoms with van der Waals surface area (Å²) in [6.45, 7) is 8.47. The summed E-state index contributed by atoms with van der Waals surface area (Å²) in [6.07, 6.45) is 0.0639. The fraction of sp³-hybridized carbons (Fsp3) is 0.421. The molecule has 0 saturated carbocycles. The van der Waals surface area contributed by atoms with Gasteiger partial charge in [-0.2, -0.15) is 0 Å². The van der Waals surface area contributed by atoms with Gasteiger partial charge in [-0.1, -0.05) is 64.2 Å². The molecular formula is C19H23NO2S. The lowest BCUT2D eigenvalue weighted by atomic mass is 10.1. The number of thiocarbonyl (C=S) groups is 1. The largest absolute Gasteiger partial charge is 0.461 e. The molecule has 0 spiro atoms. The molecular weight excluding hydrogens is 306 g/mol. The molecule has 2 aromatic rings. The van der Waals surface area contributed by atoms with Crippen molar-refractivity contribution in [2.45, 2.75) is 40.1 Å². The zero-order valence-corrected chi connectivity index (χ0v) is 14.8. The summed E-state index contributed by atoms with van der Waals surface area (Å²) in [5, 5.41) is 5.53. The molecule has 3 nitrogen and oxygen atoms in total. The van der Waals surface area contributed by atoms with Crippen molar-refractivity contribution in [3.8, 4) is 5.75 Å². The molecule has 1 heterocycles. The standard InChI is InChI=1S/C19H23NO2S/c1-11(2)17-19(22-17)21-16-10-9-15(20-18(23)12(3)4)13-7-5-6-8-14(13)16/h5-12,17,19H,1-4H3,(H,20,23). The Bertz CT molecular complexity index is 726. The van der Waals surface area contributed by atoms with Crippen LogP contribution in [-0.4, -0.2) is 17.4 Å². The maximum absolute atomic E-state index is 6.04. The van der Waals surface area contributed by atoms with Crippen LogP contribution in [0.4, 0.5) is 5.69 Å². The van der Waals surface area contributed by atoms with Crippen molar-refractivity contribution in [1.82, 2.24) is 0 Å². The van der Waals surface area contributed by atoms with Crippen molar-refractivity contribution in [3.63, 3.8) is 0 Å². The van der Waals surface area contributed by atoms with Crippen LogP contribution in [-0.2, 0) is 4.74 Å². The third-order valence-corrected chi connectivity index (χ3v) is 4.62. The van der Waals surface area contributed by atoms with Gasteiger partial charge in [0.1, 0.15) is 11.9 Å². The number of epoxide rings is 1. The second-order valence-electron chi connectivity index (χ2n) is 6.63. The summed E-state index contributed by atoms with van der Waals surface area (Å²) in [6, 6.07) is 12.2. The van der Waals surface area contributed by atoms with Crippen LogP contribution in [0.2, 0.25) is 0 Å². The lowest BCUT2D eigenvalue weighted by Crippen LogP contribution is -2.15. The van der Waals surface area contributed by atoms with Gasteiger partial charge in [0, 0.05) is 22.4 Å². The second kappa shape index (κ2) is 6.46. The van der Waals surface area contributed by atoms with Gasteiger partial charge in [-0.05, 0) is 18.1 Å². The number of hydrogen-bond acceptors (Lipinski definition) is 3. The lowest BCUT2D eigenvalue weighted by Gasteiger charge is -2.15. The Morgan fingerprint density at radius 2 is 1.78 bits per heavy atom. The van der Waals surface area contributed by atoms with Crippen LogP contribution in [0.15, 0.2) is 36.4 Å². The number of benzene rings is 2. The number of hydrogen-bond donors (Lipinski definition) is 1. The minimum atomic E-state index is -0.131. The molecule has 2 aromatic carbocycles. The lowest BCUT2D eigenvalue weighted by molar-refractivity contribution is 0.180. The molecule has 0 bridgehead atoms. The monoisotopic (exact) mass is 329 g/mol. The number of fused-ring (bicyclic) bond motifs is 1. The molecule has 2 atom stereocenters. The Balaban J connectivity index is 1.89. The van der Waals surface area contributed by atoms with Crippen LogP contribution >= 0.6 is 12.2 Å². The van der Waals surface area contributed by atoms with E-state index >= 15 is 0 Å². The van der Waals surface area contributed by atoms with Crippen molar-refractivity contribution >= 4 is 33.7 Å². The Kier molecular flexibility index (Phi) is 4.55. The zero-order valence-electron chi connectivity index (χ0n) is 14.0. The van der Waals surface area contributed by atoms with E-state index in [-0.39, 0.29) is 12.4 Å². The average molecular weight is 329 g/mol. The highest BCUT2D eigenvalue weighted by atomic mass is 32.1. The Hall–Kier alpha value is -1.65. The van der Waals surface area contributed by atoms with E-state index in [1.165, 1.54) is 0 Å². The first-order valence-electron chi connectivity index (χ1n) is 8.12. The quantitative estimate of drug-likeness (QED) is 0.618. The highest BCUT2D eigenvalue weighted by Crippen LogP contribution is 2.37. The van der Waals surface area contributed by atoms with Crippen LogP contribution in [0.1, 0.15) is 27.7 Å². The predicted molar refractivity (Wildman–Crippen MR) is 99.1 cm³/mol. The fourth-order valence-corrected chi connectivity index (χ4v) is 2.67. The van der Waals surface area contributed by atoms with E-state index in [9.17, 15) is 0 Å². The molecule has 122 valence electrons. The fourth-order valence-electron chi connectivity index (χ4n) is 2.56. The van der Waals surface area contributed by atoms with E-state index in [0.717, 1.165) is 27.2 Å². The first-order chi connectivity index (χ1) is 11.0. The van der Waals surface area contributed by atoms with E-state index in [1.54, 1.807) is 0 Å². The molecule has 0 amide bonds. The molecule has 4 heteroatoms. The maximum atomic E-state index is 6.04. The van der Waals surface area contributed by atoms with E-state index < -0.39 is 0 Å². The minimum Gasteiger partial charge on any atom is -0.461 e. The summed E-state index contributed by atoms with van der Waals surface area (Å²) in [7, 11) is 0. The Labute approximate surface area is 143 Å². The van der Waals surface area contributed by atoms with E-state index in [0.29, 0.717) is 11.8 Å². The summed E-state index contributed by atoms with van der Waals surface area (Å²) < 4.78 is 11.6. The molecule has 2 unspecified atom stereocenters. The van der Waals surface area contributed by atoms with E-state index in [4.69, 9.17) is 21.7 Å². The third kappa shape index (κ3) is 3.48. The second-order valence-corrected chi connectivity index (χ2v) is 7.07. The topological polar surface area (TPSA) is 33.8 Å². The van der Waals surface area contributed by atoms with Crippen molar-refractivity contribution in [1.29, 1.82) is 0 Å². The maximum Gasteiger partial charge on any atom is 0.227 e. The van der Waals surface area contributed by atoms with Gasteiger partial charge in [0.2, 0.25) is 6.29 Å². The molecule has 0 aliphatic carbocycles. The summed E-state index contributed by atoms with van der Waals surface area (Å²) in [5.74, 6) is 1.64. The van der Waals surface area contributed by atoms with Crippen molar-refractivity contribution in [3.05, 3.63) is 36.4 Å². The first-order valence-corrected chi connectivity index (χ1v) is 8.53. The van der Waals surface area contributed by atoms with Crippen LogP contribution in [0.25, 0.3) is 10.8 Å². The van der Waals surface area contributed by atoms with Gasteiger partial charge in [0.15, 0.2) is 0 Å². The third-order valence-electron chi connectivity index (χ3n) is 4.05. The van der Waals surface area contributed by atoms with Crippen molar-refractivity contribution in [2.24, 2.45) is 11.8 Å². The highest BCUT2D eigenvalue weighted by Gasteiger charge is 2.43. The number of anilines is 1.